The van der Waals surface area contributed by atoms with Crippen LogP contribution in [0, 0.1) is 11.8 Å². The van der Waals surface area contributed by atoms with Gasteiger partial charge in [-0.05, 0) is 37.9 Å². The van der Waals surface area contributed by atoms with Crippen LogP contribution in [0.15, 0.2) is 30.3 Å². The zero-order valence-corrected chi connectivity index (χ0v) is 14.0. The number of nitrogens with zero attached hydrogens (tertiary/aromatic N) is 1. The minimum atomic E-state index is 0. The summed E-state index contributed by atoms with van der Waals surface area (Å²) in [6.45, 7) is 9.05. The van der Waals surface area contributed by atoms with Gasteiger partial charge >= 0.3 is 0 Å². The van der Waals surface area contributed by atoms with Crippen molar-refractivity contribution in [2.75, 3.05) is 13.1 Å². The summed E-state index contributed by atoms with van der Waals surface area (Å²) in [5.41, 5.74) is 1.21. The molecule has 3 nitrogen and oxygen atoms in total. The van der Waals surface area contributed by atoms with Gasteiger partial charge in [-0.15, -0.1) is 12.4 Å². The van der Waals surface area contributed by atoms with Crippen molar-refractivity contribution in [1.82, 2.24) is 10.2 Å². The Bertz CT molecular complexity index is 434. The van der Waals surface area contributed by atoms with E-state index in [1.165, 1.54) is 5.56 Å². The monoisotopic (exact) mass is 310 g/mol. The molecular formula is C17H27ClN2O. The van der Waals surface area contributed by atoms with Crippen molar-refractivity contribution in [3.63, 3.8) is 0 Å². The Hall–Kier alpha value is -1.06. The standard InChI is InChI=1S/C17H26N2O.ClH/c1-4-13(2)19(12-15-8-6-5-7-9-15)17(20)14(3)16-10-18-11-16;/h5-9,13-14,16,18H,4,10-12H2,1-3H3;1H. The first-order valence-corrected chi connectivity index (χ1v) is 7.68. The van der Waals surface area contributed by atoms with E-state index < -0.39 is 0 Å². The number of nitrogens with one attached hydrogen (secondary N) is 1. The predicted molar refractivity (Wildman–Crippen MR) is 89.5 cm³/mol. The molecule has 2 rings (SSSR count). The van der Waals surface area contributed by atoms with Crippen molar-refractivity contribution in [2.45, 2.75) is 39.8 Å². The van der Waals surface area contributed by atoms with Gasteiger partial charge in [0.05, 0.1) is 0 Å². The van der Waals surface area contributed by atoms with E-state index in [0.29, 0.717) is 11.8 Å². The summed E-state index contributed by atoms with van der Waals surface area (Å²) < 4.78 is 0. The van der Waals surface area contributed by atoms with E-state index in [1.807, 2.05) is 18.2 Å². The fraction of sp³-hybridized carbons (Fsp3) is 0.588. The molecule has 1 aromatic rings. The largest absolute Gasteiger partial charge is 0.335 e. The number of carbonyl (C=O) groups excluding carboxylic acids is 1. The summed E-state index contributed by atoms with van der Waals surface area (Å²) in [4.78, 5) is 14.8. The molecule has 118 valence electrons. The molecule has 1 heterocycles. The number of carbonyl (C=O) groups is 1. The molecule has 2 unspecified atom stereocenters. The van der Waals surface area contributed by atoms with Gasteiger partial charge in [0.1, 0.15) is 0 Å². The Labute approximate surface area is 134 Å². The Morgan fingerprint density at radius 1 is 1.29 bits per heavy atom. The van der Waals surface area contributed by atoms with Crippen LogP contribution in [0.5, 0.6) is 0 Å². The Balaban J connectivity index is 0.00000220. The average Bonchev–Trinajstić information content (AvgIpc) is 2.42. The molecule has 0 bridgehead atoms. The maximum absolute atomic E-state index is 12.8. The van der Waals surface area contributed by atoms with Gasteiger partial charge in [-0.3, -0.25) is 4.79 Å². The molecule has 1 aliphatic heterocycles. The summed E-state index contributed by atoms with van der Waals surface area (Å²) in [5, 5.41) is 3.26. The van der Waals surface area contributed by atoms with Crippen LogP contribution < -0.4 is 5.32 Å². The summed E-state index contributed by atoms with van der Waals surface area (Å²) in [6.07, 6.45) is 0.994. The highest BCUT2D eigenvalue weighted by Crippen LogP contribution is 2.22. The van der Waals surface area contributed by atoms with Crippen LogP contribution in [-0.4, -0.2) is 29.9 Å². The Kier molecular flexibility index (Phi) is 7.20. The van der Waals surface area contributed by atoms with Crippen LogP contribution in [0.3, 0.4) is 0 Å². The second-order valence-corrected chi connectivity index (χ2v) is 5.92. The van der Waals surface area contributed by atoms with E-state index in [0.717, 1.165) is 26.1 Å². The molecule has 21 heavy (non-hydrogen) atoms. The first-order valence-electron chi connectivity index (χ1n) is 7.68. The van der Waals surface area contributed by atoms with E-state index in [-0.39, 0.29) is 24.4 Å². The molecule has 0 aromatic heterocycles. The van der Waals surface area contributed by atoms with Crippen LogP contribution >= 0.6 is 12.4 Å². The molecule has 1 aliphatic rings. The van der Waals surface area contributed by atoms with E-state index in [2.05, 4.69) is 43.1 Å². The highest BCUT2D eigenvalue weighted by Gasteiger charge is 2.32. The zero-order chi connectivity index (χ0) is 14.5. The van der Waals surface area contributed by atoms with E-state index >= 15 is 0 Å². The van der Waals surface area contributed by atoms with Gasteiger partial charge in [-0.1, -0.05) is 44.2 Å². The van der Waals surface area contributed by atoms with E-state index in [4.69, 9.17) is 0 Å². The van der Waals surface area contributed by atoms with Gasteiger partial charge in [0.25, 0.3) is 0 Å². The molecule has 2 atom stereocenters. The SMILES string of the molecule is CCC(C)N(Cc1ccccc1)C(=O)C(C)C1CNC1.Cl. The van der Waals surface area contributed by atoms with Crippen molar-refractivity contribution >= 4 is 18.3 Å². The lowest BCUT2D eigenvalue weighted by Crippen LogP contribution is -2.51. The molecule has 0 saturated carbocycles. The van der Waals surface area contributed by atoms with E-state index in [1.54, 1.807) is 0 Å². The molecule has 4 heteroatoms. The number of halogens is 1. The quantitative estimate of drug-likeness (QED) is 0.875. The second-order valence-electron chi connectivity index (χ2n) is 5.92. The smallest absolute Gasteiger partial charge is 0.226 e. The predicted octanol–water partition coefficient (Wildman–Crippen LogP) is 3.09. The highest BCUT2D eigenvalue weighted by atomic mass is 35.5. The summed E-state index contributed by atoms with van der Waals surface area (Å²) >= 11 is 0. The number of rotatable bonds is 6. The van der Waals surface area contributed by atoms with Gasteiger partial charge < -0.3 is 10.2 Å². The van der Waals surface area contributed by atoms with Crippen LogP contribution in [0.2, 0.25) is 0 Å². The minimum absolute atomic E-state index is 0. The summed E-state index contributed by atoms with van der Waals surface area (Å²) in [6, 6.07) is 10.6. The van der Waals surface area contributed by atoms with Crippen molar-refractivity contribution in [2.24, 2.45) is 11.8 Å². The van der Waals surface area contributed by atoms with Crippen LogP contribution in [0.4, 0.5) is 0 Å². The van der Waals surface area contributed by atoms with Gasteiger partial charge in [0, 0.05) is 18.5 Å². The van der Waals surface area contributed by atoms with Crippen LogP contribution in [0.25, 0.3) is 0 Å². The van der Waals surface area contributed by atoms with Gasteiger partial charge in [-0.2, -0.15) is 0 Å². The summed E-state index contributed by atoms with van der Waals surface area (Å²) in [5.74, 6) is 0.925. The molecule has 1 amide bonds. The lowest BCUT2D eigenvalue weighted by Gasteiger charge is -2.37. The van der Waals surface area contributed by atoms with Crippen molar-refractivity contribution < 1.29 is 4.79 Å². The lowest BCUT2D eigenvalue weighted by molar-refractivity contribution is -0.140. The Morgan fingerprint density at radius 3 is 2.38 bits per heavy atom. The second kappa shape index (κ2) is 8.40. The molecular weight excluding hydrogens is 284 g/mol. The molecule has 1 saturated heterocycles. The first-order chi connectivity index (χ1) is 9.63. The average molecular weight is 311 g/mol. The number of hydrogen-bond donors (Lipinski definition) is 1. The third kappa shape index (κ3) is 4.45. The minimum Gasteiger partial charge on any atom is -0.335 e. The molecule has 0 spiro atoms. The van der Waals surface area contributed by atoms with Crippen LogP contribution in [0.1, 0.15) is 32.8 Å². The fourth-order valence-corrected chi connectivity index (χ4v) is 2.58. The lowest BCUT2D eigenvalue weighted by atomic mass is 9.87. The summed E-state index contributed by atoms with van der Waals surface area (Å²) in [7, 11) is 0. The van der Waals surface area contributed by atoms with Crippen LogP contribution in [-0.2, 0) is 11.3 Å². The number of benzene rings is 1. The molecule has 1 fully saturated rings. The molecule has 0 aliphatic carbocycles. The number of hydrogen-bond acceptors (Lipinski definition) is 2. The van der Waals surface area contributed by atoms with Crippen molar-refractivity contribution in [3.8, 4) is 0 Å². The maximum atomic E-state index is 12.8. The first kappa shape index (κ1) is 18.0. The van der Waals surface area contributed by atoms with E-state index in [9.17, 15) is 4.79 Å². The van der Waals surface area contributed by atoms with Gasteiger partial charge in [0.15, 0.2) is 0 Å². The zero-order valence-electron chi connectivity index (χ0n) is 13.2. The fourth-order valence-electron chi connectivity index (χ4n) is 2.58. The van der Waals surface area contributed by atoms with Gasteiger partial charge in [-0.25, -0.2) is 0 Å². The molecule has 0 radical (unpaired) electrons. The normalized spacial score (nSPS) is 17.3. The van der Waals surface area contributed by atoms with Crippen molar-refractivity contribution in [1.29, 1.82) is 0 Å². The Morgan fingerprint density at radius 2 is 1.90 bits per heavy atom. The molecule has 1 N–H and O–H groups in total. The number of amides is 1. The third-order valence-corrected chi connectivity index (χ3v) is 4.51. The van der Waals surface area contributed by atoms with Gasteiger partial charge in [0.2, 0.25) is 5.91 Å². The maximum Gasteiger partial charge on any atom is 0.226 e. The topological polar surface area (TPSA) is 32.3 Å². The third-order valence-electron chi connectivity index (χ3n) is 4.51. The molecule has 1 aromatic carbocycles. The van der Waals surface area contributed by atoms with Crippen molar-refractivity contribution in [3.05, 3.63) is 35.9 Å². The highest BCUT2D eigenvalue weighted by molar-refractivity contribution is 5.85.